The number of unbranched alkanes of at least 4 members (excludes halogenated alkanes) is 18. The number of nitrogens with one attached hydrogen (secondary N) is 2. The highest BCUT2D eigenvalue weighted by molar-refractivity contribution is 5.88. The maximum Gasteiger partial charge on any atom is 0.328 e. The standard InChI is InChI=1S/C39H74N2O7/c1-32(2)25-21-17-13-9-6-5-7-12-16-20-24-28-38(45)48-34(27-23-19-15-11-8-10-14-18-22-26-33(3)4)29-36(43)40-30-37(44)41-35(31-42)39(46)47/h32-35,42H,5-31H2,1-4H3,(H,40,43)(H,41,44)(H,46,47)/t34-,35+/m1/s1. The molecule has 9 heteroatoms. The van der Waals surface area contributed by atoms with Gasteiger partial charge in [-0.05, 0) is 31.1 Å². The molecule has 0 radical (unpaired) electrons. The molecule has 0 saturated heterocycles. The first kappa shape index (κ1) is 45.8. The van der Waals surface area contributed by atoms with Crippen LogP contribution in [0.3, 0.4) is 0 Å². The Balaban J connectivity index is 4.38. The molecule has 0 aliphatic rings. The Kier molecular flexibility index (Phi) is 30.6. The van der Waals surface area contributed by atoms with Crippen molar-refractivity contribution in [2.45, 2.75) is 200 Å². The second-order valence-corrected chi connectivity index (χ2v) is 14.7. The summed E-state index contributed by atoms with van der Waals surface area (Å²) in [5, 5.41) is 22.7. The lowest BCUT2D eigenvalue weighted by atomic mass is 10.0. The van der Waals surface area contributed by atoms with Crippen molar-refractivity contribution < 1.29 is 34.1 Å². The molecule has 282 valence electrons. The summed E-state index contributed by atoms with van der Waals surface area (Å²) in [5.74, 6) is -1.20. The molecule has 0 aromatic heterocycles. The lowest BCUT2D eigenvalue weighted by Gasteiger charge is -2.18. The molecule has 2 amide bonds. The van der Waals surface area contributed by atoms with Crippen LogP contribution in [0.1, 0.15) is 188 Å². The minimum atomic E-state index is -1.43. The summed E-state index contributed by atoms with van der Waals surface area (Å²) in [6.07, 6.45) is 26.9. The number of aliphatic carboxylic acids is 1. The van der Waals surface area contributed by atoms with E-state index in [0.29, 0.717) is 12.8 Å². The smallest absolute Gasteiger partial charge is 0.328 e. The molecular formula is C39H74N2O7. The third kappa shape index (κ3) is 31.1. The first-order chi connectivity index (χ1) is 23.0. The second kappa shape index (κ2) is 32.1. The third-order valence-corrected chi connectivity index (χ3v) is 8.94. The molecule has 9 nitrogen and oxygen atoms in total. The number of carboxylic acid groups (broad SMARTS) is 1. The fourth-order valence-corrected chi connectivity index (χ4v) is 5.91. The van der Waals surface area contributed by atoms with Crippen molar-refractivity contribution >= 4 is 23.8 Å². The van der Waals surface area contributed by atoms with E-state index in [1.165, 1.54) is 103 Å². The number of hydrogen-bond acceptors (Lipinski definition) is 6. The van der Waals surface area contributed by atoms with Crippen LogP contribution in [-0.4, -0.2) is 59.3 Å². The summed E-state index contributed by atoms with van der Waals surface area (Å²) in [4.78, 5) is 48.3. The third-order valence-electron chi connectivity index (χ3n) is 8.94. The van der Waals surface area contributed by atoms with Crippen molar-refractivity contribution in [1.82, 2.24) is 10.6 Å². The lowest BCUT2D eigenvalue weighted by molar-refractivity contribution is -0.151. The first-order valence-electron chi connectivity index (χ1n) is 19.6. The molecule has 0 aliphatic carbocycles. The van der Waals surface area contributed by atoms with Crippen LogP contribution in [0.2, 0.25) is 0 Å². The van der Waals surface area contributed by atoms with E-state index in [2.05, 4.69) is 38.3 Å². The van der Waals surface area contributed by atoms with Gasteiger partial charge in [0.15, 0.2) is 0 Å². The van der Waals surface area contributed by atoms with Gasteiger partial charge < -0.3 is 25.6 Å². The minimum absolute atomic E-state index is 0.0461. The molecule has 0 spiro atoms. The summed E-state index contributed by atoms with van der Waals surface area (Å²) in [7, 11) is 0. The Morgan fingerprint density at radius 3 is 1.35 bits per heavy atom. The fourth-order valence-electron chi connectivity index (χ4n) is 5.91. The number of carbonyl (C=O) groups is 4. The largest absolute Gasteiger partial charge is 0.480 e. The van der Waals surface area contributed by atoms with Crippen LogP contribution in [0.5, 0.6) is 0 Å². The number of rotatable bonds is 34. The highest BCUT2D eigenvalue weighted by Crippen LogP contribution is 2.17. The maximum atomic E-state index is 12.7. The van der Waals surface area contributed by atoms with E-state index in [1.54, 1.807) is 0 Å². The fraction of sp³-hybridized carbons (Fsp3) is 0.897. The van der Waals surface area contributed by atoms with Gasteiger partial charge in [0.05, 0.1) is 19.6 Å². The molecule has 48 heavy (non-hydrogen) atoms. The van der Waals surface area contributed by atoms with E-state index in [0.717, 1.165) is 50.4 Å². The van der Waals surface area contributed by atoms with Gasteiger partial charge in [0, 0.05) is 6.42 Å². The average molecular weight is 683 g/mol. The normalized spacial score (nSPS) is 12.6. The van der Waals surface area contributed by atoms with E-state index < -0.39 is 43.1 Å². The molecule has 0 unspecified atom stereocenters. The monoisotopic (exact) mass is 683 g/mol. The van der Waals surface area contributed by atoms with Crippen molar-refractivity contribution in [2.24, 2.45) is 11.8 Å². The van der Waals surface area contributed by atoms with Crippen LogP contribution >= 0.6 is 0 Å². The second-order valence-electron chi connectivity index (χ2n) is 14.7. The van der Waals surface area contributed by atoms with Gasteiger partial charge in [-0.25, -0.2) is 4.79 Å². The summed E-state index contributed by atoms with van der Waals surface area (Å²) < 4.78 is 5.74. The summed E-state index contributed by atoms with van der Waals surface area (Å²) >= 11 is 0. The molecule has 0 saturated carbocycles. The van der Waals surface area contributed by atoms with Gasteiger partial charge in [-0.2, -0.15) is 0 Å². The Morgan fingerprint density at radius 2 is 0.958 bits per heavy atom. The predicted molar refractivity (Wildman–Crippen MR) is 195 cm³/mol. The number of aliphatic hydroxyl groups is 1. The van der Waals surface area contributed by atoms with Crippen molar-refractivity contribution in [2.75, 3.05) is 13.2 Å². The van der Waals surface area contributed by atoms with E-state index in [9.17, 15) is 19.2 Å². The van der Waals surface area contributed by atoms with E-state index >= 15 is 0 Å². The number of hydrogen-bond donors (Lipinski definition) is 4. The number of ether oxygens (including phenoxy) is 1. The maximum absolute atomic E-state index is 12.7. The zero-order valence-electron chi connectivity index (χ0n) is 31.3. The topological polar surface area (TPSA) is 142 Å². The molecule has 0 rings (SSSR count). The van der Waals surface area contributed by atoms with Crippen LogP contribution in [-0.2, 0) is 23.9 Å². The van der Waals surface area contributed by atoms with E-state index in [4.69, 9.17) is 14.9 Å². The Labute approximate surface area is 293 Å². The molecule has 0 heterocycles. The zero-order chi connectivity index (χ0) is 35.8. The van der Waals surface area contributed by atoms with Gasteiger partial charge in [0.25, 0.3) is 0 Å². The van der Waals surface area contributed by atoms with Gasteiger partial charge in [0.1, 0.15) is 12.1 Å². The van der Waals surface area contributed by atoms with Crippen LogP contribution < -0.4 is 10.6 Å². The van der Waals surface area contributed by atoms with Crippen LogP contribution in [0, 0.1) is 11.8 Å². The average Bonchev–Trinajstić information content (AvgIpc) is 3.03. The predicted octanol–water partition coefficient (Wildman–Crippen LogP) is 8.64. The molecule has 0 aromatic rings. The molecule has 4 N–H and O–H groups in total. The molecule has 0 bridgehead atoms. The number of carbonyl (C=O) groups excluding carboxylic acids is 3. The van der Waals surface area contributed by atoms with Crippen LogP contribution in [0.25, 0.3) is 0 Å². The Hall–Kier alpha value is -2.16. The highest BCUT2D eigenvalue weighted by Gasteiger charge is 2.21. The lowest BCUT2D eigenvalue weighted by Crippen LogP contribution is -2.47. The number of aliphatic hydroxyl groups excluding tert-OH is 1. The summed E-state index contributed by atoms with van der Waals surface area (Å²) in [5.41, 5.74) is 0. The van der Waals surface area contributed by atoms with E-state index in [-0.39, 0.29) is 12.4 Å². The van der Waals surface area contributed by atoms with E-state index in [1.807, 2.05) is 0 Å². The molecular weight excluding hydrogens is 608 g/mol. The Bertz CT molecular complexity index is 818. The van der Waals surface area contributed by atoms with Gasteiger partial charge in [-0.15, -0.1) is 0 Å². The van der Waals surface area contributed by atoms with Gasteiger partial charge in [-0.3, -0.25) is 14.4 Å². The summed E-state index contributed by atoms with van der Waals surface area (Å²) in [6, 6.07) is -1.43. The summed E-state index contributed by atoms with van der Waals surface area (Å²) in [6.45, 7) is 7.96. The molecule has 0 aromatic carbocycles. The van der Waals surface area contributed by atoms with Crippen LogP contribution in [0.4, 0.5) is 0 Å². The van der Waals surface area contributed by atoms with Gasteiger partial charge in [0.2, 0.25) is 11.8 Å². The van der Waals surface area contributed by atoms with Crippen molar-refractivity contribution in [1.29, 1.82) is 0 Å². The number of carboxylic acids is 1. The SMILES string of the molecule is CC(C)CCCCCCCCCCCCCC(=O)O[C@H](CCCCCCCCCCCC(C)C)CC(=O)NCC(=O)N[C@@H](CO)C(=O)O. The van der Waals surface area contributed by atoms with Crippen LogP contribution in [0.15, 0.2) is 0 Å². The number of esters is 1. The molecule has 0 aliphatic heterocycles. The first-order valence-corrected chi connectivity index (χ1v) is 19.6. The van der Waals surface area contributed by atoms with Crippen molar-refractivity contribution in [3.63, 3.8) is 0 Å². The number of amides is 2. The quantitative estimate of drug-likeness (QED) is 0.0393. The van der Waals surface area contributed by atoms with Crippen molar-refractivity contribution in [3.05, 3.63) is 0 Å². The molecule has 0 fully saturated rings. The zero-order valence-corrected chi connectivity index (χ0v) is 31.3. The van der Waals surface area contributed by atoms with Gasteiger partial charge in [-0.1, -0.05) is 156 Å². The Morgan fingerprint density at radius 1 is 0.562 bits per heavy atom. The van der Waals surface area contributed by atoms with Crippen molar-refractivity contribution in [3.8, 4) is 0 Å². The molecule has 2 atom stereocenters. The minimum Gasteiger partial charge on any atom is -0.480 e. The van der Waals surface area contributed by atoms with Gasteiger partial charge >= 0.3 is 11.9 Å². The highest BCUT2D eigenvalue weighted by atomic mass is 16.5.